The largest absolute Gasteiger partial charge is 0.431 e. The predicted molar refractivity (Wildman–Crippen MR) is 281 cm³/mol. The lowest BCUT2D eigenvalue weighted by Gasteiger charge is -2.34. The number of esters is 3. The zero-order chi connectivity index (χ0) is 48.4. The number of allylic oxidation sites excluding steroid dienone is 24. The summed E-state index contributed by atoms with van der Waals surface area (Å²) in [7, 11) is 0. The molecule has 0 radical (unpaired) electrons. The molecule has 1 saturated carbocycles. The second-order valence-electron chi connectivity index (χ2n) is 19.4. The van der Waals surface area contributed by atoms with Gasteiger partial charge in [-0.1, -0.05) is 145 Å². The Kier molecular flexibility index (Phi) is 14.7. The van der Waals surface area contributed by atoms with Crippen molar-refractivity contribution in [1.82, 2.24) is 0 Å². The molecule has 4 unspecified atom stereocenters. The highest BCUT2D eigenvalue weighted by atomic mass is 16.5. The maximum Gasteiger partial charge on any atom is 0.335 e. The van der Waals surface area contributed by atoms with Gasteiger partial charge in [0.2, 0.25) is 0 Å². The van der Waals surface area contributed by atoms with Gasteiger partial charge < -0.3 is 19.1 Å². The lowest BCUT2D eigenvalue weighted by atomic mass is 9.83. The summed E-state index contributed by atoms with van der Waals surface area (Å²) >= 11 is 0. The van der Waals surface area contributed by atoms with E-state index in [1.54, 1.807) is 6.08 Å². The van der Waals surface area contributed by atoms with Crippen LogP contribution in [0.1, 0.15) is 93.2 Å². The predicted octanol–water partition coefficient (Wildman–Crippen LogP) is 14.3. The van der Waals surface area contributed by atoms with Gasteiger partial charge in [0.05, 0.1) is 0 Å². The van der Waals surface area contributed by atoms with E-state index in [4.69, 9.17) is 14.2 Å². The maximum atomic E-state index is 13.0. The zero-order valence-corrected chi connectivity index (χ0v) is 40.3. The number of aryl methyl sites for hydroxylation is 2. The Morgan fingerprint density at radius 3 is 2.08 bits per heavy atom. The molecule has 7 heteroatoms. The van der Waals surface area contributed by atoms with Crippen LogP contribution in [0.2, 0.25) is 0 Å². The highest BCUT2D eigenvalue weighted by molar-refractivity contribution is 5.83. The average molecular weight is 940 g/mol. The van der Waals surface area contributed by atoms with E-state index in [1.807, 2.05) is 103 Å². The Bertz CT molecular complexity index is 2930. The number of benzene rings is 3. The van der Waals surface area contributed by atoms with E-state index in [1.165, 1.54) is 28.1 Å². The van der Waals surface area contributed by atoms with Crippen molar-refractivity contribution in [1.29, 1.82) is 0 Å². The lowest BCUT2D eigenvalue weighted by molar-refractivity contribution is -0.140. The van der Waals surface area contributed by atoms with E-state index in [0.717, 1.165) is 79.5 Å². The zero-order valence-electron chi connectivity index (χ0n) is 40.3. The number of hydrogen-bond donors (Lipinski definition) is 0. The molecule has 0 spiro atoms. The molecule has 0 heterocycles. The number of carbonyl (C=O) groups is 3. The van der Waals surface area contributed by atoms with E-state index in [2.05, 4.69) is 89.9 Å². The average Bonchev–Trinajstić information content (AvgIpc) is 4.18. The monoisotopic (exact) mass is 939 g/mol. The van der Waals surface area contributed by atoms with Crippen molar-refractivity contribution in [3.8, 4) is 0 Å². The van der Waals surface area contributed by atoms with Crippen LogP contribution in [0.3, 0.4) is 0 Å². The van der Waals surface area contributed by atoms with E-state index >= 15 is 0 Å². The summed E-state index contributed by atoms with van der Waals surface area (Å²) in [5.41, 5.74) is 10.7. The van der Waals surface area contributed by atoms with Gasteiger partial charge in [-0.25, -0.2) is 4.79 Å². The topological polar surface area (TPSA) is 82.1 Å². The van der Waals surface area contributed by atoms with Crippen molar-refractivity contribution in [2.75, 3.05) is 4.90 Å². The van der Waals surface area contributed by atoms with Gasteiger partial charge in [0.1, 0.15) is 17.3 Å². The summed E-state index contributed by atoms with van der Waals surface area (Å²) in [6.45, 7) is 0. The highest BCUT2D eigenvalue weighted by Gasteiger charge is 2.58. The molecule has 0 aliphatic heterocycles. The first kappa shape index (κ1) is 47.2. The van der Waals surface area contributed by atoms with Gasteiger partial charge in [0, 0.05) is 59.7 Å². The lowest BCUT2D eigenvalue weighted by Crippen LogP contribution is -2.25. The van der Waals surface area contributed by atoms with E-state index in [0.29, 0.717) is 43.6 Å². The summed E-state index contributed by atoms with van der Waals surface area (Å²) in [5, 5.41) is 0. The Morgan fingerprint density at radius 1 is 0.662 bits per heavy atom. The minimum absolute atomic E-state index is 0.0824. The van der Waals surface area contributed by atoms with Crippen LogP contribution >= 0.6 is 0 Å². The fourth-order valence-electron chi connectivity index (χ4n) is 10.7. The van der Waals surface area contributed by atoms with Crippen molar-refractivity contribution in [3.05, 3.63) is 256 Å². The molecule has 3 aromatic rings. The number of ether oxygens (including phenoxy) is 3. The maximum absolute atomic E-state index is 13.0. The first-order valence-corrected chi connectivity index (χ1v) is 25.5. The molecule has 7 aliphatic rings. The third kappa shape index (κ3) is 11.8. The Balaban J connectivity index is 0.845. The summed E-state index contributed by atoms with van der Waals surface area (Å²) in [4.78, 5) is 41.1. The summed E-state index contributed by atoms with van der Waals surface area (Å²) in [6.07, 6.45) is 47.0. The Labute approximate surface area is 418 Å². The first-order valence-electron chi connectivity index (χ1n) is 25.5. The molecular formula is C64H61NO6. The molecule has 0 saturated heterocycles. The molecule has 0 aromatic heterocycles. The van der Waals surface area contributed by atoms with Crippen molar-refractivity contribution in [2.24, 2.45) is 17.3 Å². The molecule has 71 heavy (non-hydrogen) atoms. The SMILES string of the molecule is O=C(/C=C/C1C=CC=CC1)OC1=CC=CC2(C3=CC=C(N(C4=CC=C(C5=CC(OC(=O)CCc6ccccc6)=CCC5)CC4)c4ccc(C5C=CC=C(OC(=O)CCc6ccccc6)C5)cc4)CC3)CC12. The summed E-state index contributed by atoms with van der Waals surface area (Å²) in [6, 6.07) is 28.9. The van der Waals surface area contributed by atoms with Crippen LogP contribution in [0.15, 0.2) is 240 Å². The van der Waals surface area contributed by atoms with Gasteiger partial charge in [-0.05, 0) is 147 Å². The van der Waals surface area contributed by atoms with Crippen LogP contribution in [0, 0.1) is 17.3 Å². The van der Waals surface area contributed by atoms with Crippen LogP contribution in [0.4, 0.5) is 5.69 Å². The quantitative estimate of drug-likeness (QED) is 0.0757. The van der Waals surface area contributed by atoms with Gasteiger partial charge in [-0.3, -0.25) is 9.59 Å². The number of fused-ring (bicyclic) bond motifs is 1. The minimum atomic E-state index is -0.321. The van der Waals surface area contributed by atoms with Crippen LogP contribution in [-0.2, 0) is 41.4 Å². The van der Waals surface area contributed by atoms with Gasteiger partial charge in [-0.2, -0.15) is 0 Å². The van der Waals surface area contributed by atoms with Crippen molar-refractivity contribution < 1.29 is 28.6 Å². The number of anilines is 1. The summed E-state index contributed by atoms with van der Waals surface area (Å²) in [5.74, 6) is 1.79. The van der Waals surface area contributed by atoms with Crippen LogP contribution in [-0.4, -0.2) is 17.9 Å². The third-order valence-corrected chi connectivity index (χ3v) is 14.7. The number of nitrogens with zero attached hydrogens (tertiary/aromatic N) is 1. The molecular weight excluding hydrogens is 879 g/mol. The third-order valence-electron chi connectivity index (χ3n) is 14.7. The fourth-order valence-corrected chi connectivity index (χ4v) is 10.7. The number of carbonyl (C=O) groups excluding carboxylic acids is 3. The Morgan fingerprint density at radius 2 is 1.39 bits per heavy atom. The molecule has 3 aromatic carbocycles. The van der Waals surface area contributed by atoms with Gasteiger partial charge in [0.15, 0.2) is 0 Å². The molecule has 358 valence electrons. The normalized spacial score (nSPS) is 23.1. The van der Waals surface area contributed by atoms with Crippen molar-refractivity contribution >= 4 is 23.6 Å². The second-order valence-corrected chi connectivity index (χ2v) is 19.4. The number of hydrogen-bond acceptors (Lipinski definition) is 7. The van der Waals surface area contributed by atoms with E-state index < -0.39 is 0 Å². The molecule has 0 bridgehead atoms. The molecule has 0 amide bonds. The van der Waals surface area contributed by atoms with Crippen LogP contribution in [0.25, 0.3) is 0 Å². The molecule has 0 N–H and O–H groups in total. The molecule has 7 aliphatic carbocycles. The van der Waals surface area contributed by atoms with Crippen molar-refractivity contribution in [2.45, 2.75) is 89.4 Å². The van der Waals surface area contributed by atoms with Gasteiger partial charge in [0.25, 0.3) is 0 Å². The first-order chi connectivity index (χ1) is 34.8. The Hall–Kier alpha value is -7.51. The molecule has 10 rings (SSSR count). The van der Waals surface area contributed by atoms with Crippen molar-refractivity contribution in [3.63, 3.8) is 0 Å². The smallest absolute Gasteiger partial charge is 0.335 e. The van der Waals surface area contributed by atoms with Gasteiger partial charge >= 0.3 is 17.9 Å². The highest BCUT2D eigenvalue weighted by Crippen LogP contribution is 2.65. The molecule has 7 nitrogen and oxygen atoms in total. The minimum Gasteiger partial charge on any atom is -0.431 e. The second kappa shape index (κ2) is 22.1. The summed E-state index contributed by atoms with van der Waals surface area (Å²) < 4.78 is 17.7. The van der Waals surface area contributed by atoms with Crippen LogP contribution in [0.5, 0.6) is 0 Å². The van der Waals surface area contributed by atoms with Crippen LogP contribution < -0.4 is 4.90 Å². The van der Waals surface area contributed by atoms with E-state index in [9.17, 15) is 14.4 Å². The fraction of sp³-hybridized carbons (Fsp3) is 0.266. The molecule has 4 atom stereocenters. The van der Waals surface area contributed by atoms with E-state index in [-0.39, 0.29) is 41.1 Å². The van der Waals surface area contributed by atoms with Gasteiger partial charge in [-0.15, -0.1) is 0 Å². The molecule has 1 fully saturated rings. The number of rotatable bonds is 17. The standard InChI is InChI=1S/C64H61NO6/c66-61(39-24-46-13-4-1-5-14-46)69-57-21-10-19-51(43-57)49-27-33-54(34-28-49)65(55-35-29-50(30-36-55)52-20-11-22-58(44-52)70-62(67)40-25-47-15-6-2-7-16-47)56-37-31-53(32-38-56)64-42-12-23-60(59(64)45-64)71-63(68)41-26-48-17-8-3-9-18-48/h1-10,12-17,19,21-23,26-29,31,33-35,37,41-42,44,48,51,59H,11,18,20,24-25,30,32,36,38-40,43,45H2/b41-26+.